The third-order valence-corrected chi connectivity index (χ3v) is 5.46. The molecule has 0 spiro atoms. The molecule has 0 aliphatic carbocycles. The van der Waals surface area contributed by atoms with Crippen molar-refractivity contribution in [3.63, 3.8) is 0 Å². The van der Waals surface area contributed by atoms with Crippen LogP contribution in [0.1, 0.15) is 11.1 Å². The minimum atomic E-state index is -0.377. The van der Waals surface area contributed by atoms with E-state index in [-0.39, 0.29) is 19.1 Å². The normalized spacial score (nSPS) is 10.8. The van der Waals surface area contributed by atoms with Crippen LogP contribution < -0.4 is 19.6 Å². The maximum atomic E-state index is 11.9. The van der Waals surface area contributed by atoms with Crippen molar-refractivity contribution in [1.82, 2.24) is 5.43 Å². The maximum absolute atomic E-state index is 11.9. The molecule has 0 heterocycles. The van der Waals surface area contributed by atoms with E-state index in [9.17, 15) is 4.79 Å². The summed E-state index contributed by atoms with van der Waals surface area (Å²) < 4.78 is 17.4. The molecular weight excluding hydrogens is 519 g/mol. The topological polar surface area (TPSA) is 69.2 Å². The summed E-state index contributed by atoms with van der Waals surface area (Å²) in [6.45, 7) is 0.132. The number of methoxy groups -OCH3 is 1. The van der Waals surface area contributed by atoms with Gasteiger partial charge in [-0.2, -0.15) is 5.10 Å². The van der Waals surface area contributed by atoms with Crippen LogP contribution in [0, 0.1) is 0 Å². The van der Waals surface area contributed by atoms with E-state index in [4.69, 9.17) is 37.4 Å². The standard InChI is InChI=1S/C23H19BrCl2N2O4/c1-30-21-11-16(12-27-28-22(29)14-31-17-5-3-2-4-6-17)9-18(24)23(21)32-13-15-7-8-19(25)20(26)10-15/h2-12H,13-14H2,1H3,(H,28,29)/b27-12-. The van der Waals surface area contributed by atoms with Crippen LogP contribution in [0.25, 0.3) is 0 Å². The van der Waals surface area contributed by atoms with E-state index in [2.05, 4.69) is 26.5 Å². The zero-order valence-electron chi connectivity index (χ0n) is 17.0. The van der Waals surface area contributed by atoms with Crippen molar-refractivity contribution in [2.24, 2.45) is 5.10 Å². The number of benzene rings is 3. The molecule has 0 unspecified atom stereocenters. The van der Waals surface area contributed by atoms with Crippen molar-refractivity contribution < 1.29 is 19.0 Å². The fourth-order valence-corrected chi connectivity index (χ4v) is 3.51. The molecule has 0 saturated carbocycles. The molecule has 0 bridgehead atoms. The third kappa shape index (κ3) is 6.88. The largest absolute Gasteiger partial charge is 0.493 e. The number of hydrogen-bond donors (Lipinski definition) is 1. The fraction of sp³-hybridized carbons (Fsp3) is 0.130. The molecule has 0 saturated heterocycles. The van der Waals surface area contributed by atoms with E-state index in [0.717, 1.165) is 5.56 Å². The second-order valence-electron chi connectivity index (χ2n) is 6.47. The van der Waals surface area contributed by atoms with Gasteiger partial charge in [0, 0.05) is 0 Å². The SMILES string of the molecule is COc1cc(/C=N\NC(=O)COc2ccccc2)cc(Br)c1OCc1ccc(Cl)c(Cl)c1. The van der Waals surface area contributed by atoms with E-state index in [1.807, 2.05) is 24.3 Å². The maximum Gasteiger partial charge on any atom is 0.277 e. The van der Waals surface area contributed by atoms with Gasteiger partial charge < -0.3 is 14.2 Å². The highest BCUT2D eigenvalue weighted by molar-refractivity contribution is 9.10. The Balaban J connectivity index is 1.59. The van der Waals surface area contributed by atoms with Crippen LogP contribution in [-0.4, -0.2) is 25.8 Å². The highest BCUT2D eigenvalue weighted by atomic mass is 79.9. The van der Waals surface area contributed by atoms with E-state index >= 15 is 0 Å². The predicted octanol–water partition coefficient (Wildman–Crippen LogP) is 5.87. The first kappa shape index (κ1) is 23.9. The molecule has 9 heteroatoms. The number of rotatable bonds is 9. The number of nitrogens with zero attached hydrogens (tertiary/aromatic N) is 1. The van der Waals surface area contributed by atoms with Crippen LogP contribution in [-0.2, 0) is 11.4 Å². The molecular formula is C23H19BrCl2N2O4. The van der Waals surface area contributed by atoms with Crippen LogP contribution >= 0.6 is 39.1 Å². The van der Waals surface area contributed by atoms with E-state index in [0.29, 0.717) is 37.3 Å². The summed E-state index contributed by atoms with van der Waals surface area (Å²) >= 11 is 15.5. The molecule has 6 nitrogen and oxygen atoms in total. The van der Waals surface area contributed by atoms with Gasteiger partial charge in [-0.3, -0.25) is 4.79 Å². The molecule has 0 aliphatic heterocycles. The number of nitrogens with one attached hydrogen (secondary N) is 1. The molecule has 0 fully saturated rings. The van der Waals surface area contributed by atoms with Gasteiger partial charge in [-0.15, -0.1) is 0 Å². The Morgan fingerprint density at radius 2 is 1.84 bits per heavy atom. The quantitative estimate of drug-likeness (QED) is 0.273. The van der Waals surface area contributed by atoms with Crippen LogP contribution in [0.2, 0.25) is 10.0 Å². The Hall–Kier alpha value is -2.74. The lowest BCUT2D eigenvalue weighted by Crippen LogP contribution is -2.24. The summed E-state index contributed by atoms with van der Waals surface area (Å²) in [5, 5.41) is 4.91. The highest BCUT2D eigenvalue weighted by Crippen LogP contribution is 2.37. The van der Waals surface area contributed by atoms with Gasteiger partial charge in [0.15, 0.2) is 18.1 Å². The average Bonchev–Trinajstić information content (AvgIpc) is 2.79. The van der Waals surface area contributed by atoms with Gasteiger partial charge in [-0.25, -0.2) is 5.43 Å². The number of carbonyl (C=O) groups excluding carboxylic acids is 1. The molecule has 166 valence electrons. The third-order valence-electron chi connectivity index (χ3n) is 4.13. The van der Waals surface area contributed by atoms with Crippen LogP contribution in [0.3, 0.4) is 0 Å². The van der Waals surface area contributed by atoms with E-state index in [1.54, 1.807) is 36.4 Å². The van der Waals surface area contributed by atoms with Crippen molar-refractivity contribution in [2.75, 3.05) is 13.7 Å². The molecule has 0 aromatic heterocycles. The summed E-state index contributed by atoms with van der Waals surface area (Å²) in [6, 6.07) is 17.9. The second kappa shape index (κ2) is 11.8. The van der Waals surface area contributed by atoms with Gasteiger partial charge in [0.25, 0.3) is 5.91 Å². The van der Waals surface area contributed by atoms with Crippen molar-refractivity contribution >= 4 is 51.3 Å². The Bertz CT molecular complexity index is 1110. The van der Waals surface area contributed by atoms with Crippen molar-refractivity contribution in [3.05, 3.63) is 86.3 Å². The Morgan fingerprint density at radius 1 is 1.06 bits per heavy atom. The molecule has 1 N–H and O–H groups in total. The highest BCUT2D eigenvalue weighted by Gasteiger charge is 2.12. The molecule has 0 aliphatic rings. The number of carbonyl (C=O) groups is 1. The average molecular weight is 538 g/mol. The fourth-order valence-electron chi connectivity index (χ4n) is 2.62. The molecule has 32 heavy (non-hydrogen) atoms. The van der Waals surface area contributed by atoms with E-state index in [1.165, 1.54) is 13.3 Å². The van der Waals surface area contributed by atoms with Crippen LogP contribution in [0.15, 0.2) is 70.2 Å². The van der Waals surface area contributed by atoms with Crippen molar-refractivity contribution in [3.8, 4) is 17.2 Å². The number of hydrogen-bond acceptors (Lipinski definition) is 5. The summed E-state index contributed by atoms with van der Waals surface area (Å²) in [4.78, 5) is 11.9. The summed E-state index contributed by atoms with van der Waals surface area (Å²) in [6.07, 6.45) is 1.50. The second-order valence-corrected chi connectivity index (χ2v) is 8.13. The lowest BCUT2D eigenvalue weighted by molar-refractivity contribution is -0.123. The summed E-state index contributed by atoms with van der Waals surface area (Å²) in [5.74, 6) is 1.25. The van der Waals surface area contributed by atoms with Crippen molar-refractivity contribution in [1.29, 1.82) is 0 Å². The van der Waals surface area contributed by atoms with Gasteiger partial charge in [0.1, 0.15) is 12.4 Å². The lowest BCUT2D eigenvalue weighted by atomic mass is 10.2. The smallest absolute Gasteiger partial charge is 0.277 e. The molecule has 0 atom stereocenters. The summed E-state index contributed by atoms with van der Waals surface area (Å²) in [7, 11) is 1.54. The minimum Gasteiger partial charge on any atom is -0.493 e. The molecule has 3 aromatic carbocycles. The molecule has 3 aromatic rings. The van der Waals surface area contributed by atoms with Gasteiger partial charge in [-0.1, -0.05) is 47.5 Å². The number of halogens is 3. The number of amides is 1. The number of ether oxygens (including phenoxy) is 3. The first-order chi connectivity index (χ1) is 15.5. The molecule has 3 rings (SSSR count). The van der Waals surface area contributed by atoms with Gasteiger partial charge in [-0.05, 0) is 63.5 Å². The predicted molar refractivity (Wildman–Crippen MR) is 129 cm³/mol. The first-order valence-electron chi connectivity index (χ1n) is 9.40. The Kier molecular flexibility index (Phi) is 8.79. The summed E-state index contributed by atoms with van der Waals surface area (Å²) in [5.41, 5.74) is 3.98. The monoisotopic (exact) mass is 536 g/mol. The zero-order chi connectivity index (χ0) is 22.9. The van der Waals surface area contributed by atoms with Crippen LogP contribution in [0.4, 0.5) is 0 Å². The zero-order valence-corrected chi connectivity index (χ0v) is 20.1. The molecule has 1 amide bonds. The van der Waals surface area contributed by atoms with Gasteiger partial charge in [0.05, 0.1) is 27.8 Å². The van der Waals surface area contributed by atoms with Gasteiger partial charge >= 0.3 is 0 Å². The van der Waals surface area contributed by atoms with Crippen LogP contribution in [0.5, 0.6) is 17.2 Å². The van der Waals surface area contributed by atoms with Gasteiger partial charge in [0.2, 0.25) is 0 Å². The Morgan fingerprint density at radius 3 is 2.56 bits per heavy atom. The minimum absolute atomic E-state index is 0.143. The molecule has 0 radical (unpaired) electrons. The lowest BCUT2D eigenvalue weighted by Gasteiger charge is -2.14. The number of para-hydroxylation sites is 1. The Labute approximate surface area is 204 Å². The first-order valence-corrected chi connectivity index (χ1v) is 10.9. The van der Waals surface area contributed by atoms with Crippen molar-refractivity contribution in [2.45, 2.75) is 6.61 Å². The number of hydrazone groups is 1. The van der Waals surface area contributed by atoms with E-state index < -0.39 is 0 Å².